The predicted octanol–water partition coefficient (Wildman–Crippen LogP) is 1.85. The second kappa shape index (κ2) is 2.82. The molecule has 0 aromatic heterocycles. The highest BCUT2D eigenvalue weighted by Gasteiger charge is 2.01. The van der Waals surface area contributed by atoms with Gasteiger partial charge in [0.15, 0.2) is 0 Å². The van der Waals surface area contributed by atoms with Crippen molar-refractivity contribution < 1.29 is 5.11 Å². The third-order valence-corrected chi connectivity index (χ3v) is 1.89. The van der Waals surface area contributed by atoms with Gasteiger partial charge in [-0.3, -0.25) is 0 Å². The molecular formula is C9H13NO. The maximum absolute atomic E-state index is 9.33. The molecular weight excluding hydrogens is 138 g/mol. The number of hydrogen-bond donors (Lipinski definition) is 2. The molecule has 2 nitrogen and oxygen atoms in total. The Hall–Kier alpha value is -1.18. The first-order chi connectivity index (χ1) is 5.15. The van der Waals surface area contributed by atoms with Crippen molar-refractivity contribution in [1.82, 2.24) is 0 Å². The SMILES string of the molecule is CCc1cc(N)c(C)c(O)c1. The van der Waals surface area contributed by atoms with Gasteiger partial charge in [0.05, 0.1) is 0 Å². The maximum Gasteiger partial charge on any atom is 0.120 e. The lowest BCUT2D eigenvalue weighted by Crippen LogP contribution is -1.92. The first-order valence-electron chi connectivity index (χ1n) is 3.73. The Morgan fingerprint density at radius 1 is 1.45 bits per heavy atom. The molecule has 0 aliphatic carbocycles. The van der Waals surface area contributed by atoms with E-state index in [1.807, 2.05) is 19.9 Å². The summed E-state index contributed by atoms with van der Waals surface area (Å²) in [7, 11) is 0. The molecule has 0 atom stereocenters. The van der Waals surface area contributed by atoms with Gasteiger partial charge >= 0.3 is 0 Å². The lowest BCUT2D eigenvalue weighted by molar-refractivity contribution is 0.471. The number of nitrogens with two attached hydrogens (primary N) is 1. The molecule has 0 bridgehead atoms. The van der Waals surface area contributed by atoms with Crippen molar-refractivity contribution in [3.05, 3.63) is 23.3 Å². The highest BCUT2D eigenvalue weighted by atomic mass is 16.3. The summed E-state index contributed by atoms with van der Waals surface area (Å²) in [5, 5.41) is 9.33. The Bertz CT molecular complexity index is 245. The monoisotopic (exact) mass is 151 g/mol. The van der Waals surface area contributed by atoms with E-state index in [4.69, 9.17) is 5.73 Å². The standard InChI is InChI=1S/C9H13NO/c1-3-7-4-8(10)6(2)9(11)5-7/h4-5,11H,3,10H2,1-2H3. The smallest absolute Gasteiger partial charge is 0.120 e. The number of phenolic OH excluding ortho intramolecular Hbond substituents is 1. The van der Waals surface area contributed by atoms with Gasteiger partial charge < -0.3 is 10.8 Å². The molecule has 11 heavy (non-hydrogen) atoms. The highest BCUT2D eigenvalue weighted by molar-refractivity contribution is 5.55. The number of nitrogen functional groups attached to an aromatic ring is 1. The average molecular weight is 151 g/mol. The van der Waals surface area contributed by atoms with Gasteiger partial charge in [0.1, 0.15) is 5.75 Å². The minimum absolute atomic E-state index is 0.293. The first-order valence-corrected chi connectivity index (χ1v) is 3.73. The lowest BCUT2D eigenvalue weighted by atomic mass is 10.1. The van der Waals surface area contributed by atoms with Crippen molar-refractivity contribution in [3.8, 4) is 5.75 Å². The van der Waals surface area contributed by atoms with Crippen molar-refractivity contribution in [2.45, 2.75) is 20.3 Å². The van der Waals surface area contributed by atoms with E-state index in [2.05, 4.69) is 0 Å². The van der Waals surface area contributed by atoms with Crippen molar-refractivity contribution in [2.24, 2.45) is 0 Å². The fourth-order valence-corrected chi connectivity index (χ4v) is 0.986. The largest absolute Gasteiger partial charge is 0.508 e. The van der Waals surface area contributed by atoms with E-state index in [9.17, 15) is 5.11 Å². The highest BCUT2D eigenvalue weighted by Crippen LogP contribution is 2.24. The van der Waals surface area contributed by atoms with Crippen molar-refractivity contribution in [2.75, 3.05) is 5.73 Å². The molecule has 2 heteroatoms. The topological polar surface area (TPSA) is 46.2 Å². The van der Waals surface area contributed by atoms with E-state index >= 15 is 0 Å². The van der Waals surface area contributed by atoms with Crippen LogP contribution in [-0.4, -0.2) is 5.11 Å². The summed E-state index contributed by atoms with van der Waals surface area (Å²) in [6.45, 7) is 3.84. The summed E-state index contributed by atoms with van der Waals surface area (Å²) < 4.78 is 0. The molecule has 0 aliphatic heterocycles. The van der Waals surface area contributed by atoms with E-state index in [0.29, 0.717) is 11.4 Å². The Labute approximate surface area is 66.7 Å². The minimum Gasteiger partial charge on any atom is -0.508 e. The zero-order chi connectivity index (χ0) is 8.43. The van der Waals surface area contributed by atoms with Gasteiger partial charge in [-0.05, 0) is 31.0 Å². The molecule has 1 rings (SSSR count). The van der Waals surface area contributed by atoms with Crippen molar-refractivity contribution >= 4 is 5.69 Å². The van der Waals surface area contributed by atoms with Crippen LogP contribution in [0.5, 0.6) is 5.75 Å². The third-order valence-electron chi connectivity index (χ3n) is 1.89. The number of benzene rings is 1. The molecule has 1 aromatic carbocycles. The van der Waals surface area contributed by atoms with Crippen molar-refractivity contribution in [3.63, 3.8) is 0 Å². The van der Waals surface area contributed by atoms with Gasteiger partial charge in [0, 0.05) is 11.3 Å². The van der Waals surface area contributed by atoms with E-state index in [1.54, 1.807) is 6.07 Å². The van der Waals surface area contributed by atoms with Crippen LogP contribution in [0.3, 0.4) is 0 Å². The quantitative estimate of drug-likeness (QED) is 0.601. The van der Waals surface area contributed by atoms with Crippen LogP contribution in [0.15, 0.2) is 12.1 Å². The Balaban J connectivity index is 3.21. The molecule has 0 fully saturated rings. The van der Waals surface area contributed by atoms with Crippen LogP contribution in [0, 0.1) is 6.92 Å². The Morgan fingerprint density at radius 2 is 2.09 bits per heavy atom. The number of aromatic hydroxyl groups is 1. The normalized spacial score (nSPS) is 10.0. The van der Waals surface area contributed by atoms with E-state index in [-0.39, 0.29) is 0 Å². The summed E-state index contributed by atoms with van der Waals surface area (Å²) in [6, 6.07) is 3.65. The average Bonchev–Trinajstić information content (AvgIpc) is 1.99. The van der Waals surface area contributed by atoms with Gasteiger partial charge in [-0.15, -0.1) is 0 Å². The lowest BCUT2D eigenvalue weighted by Gasteiger charge is -2.05. The van der Waals surface area contributed by atoms with Crippen LogP contribution >= 0.6 is 0 Å². The number of aryl methyl sites for hydroxylation is 1. The van der Waals surface area contributed by atoms with E-state index in [1.165, 1.54) is 0 Å². The van der Waals surface area contributed by atoms with E-state index < -0.39 is 0 Å². The predicted molar refractivity (Wildman–Crippen MR) is 46.6 cm³/mol. The molecule has 0 radical (unpaired) electrons. The molecule has 60 valence electrons. The van der Waals surface area contributed by atoms with Crippen LogP contribution in [0.4, 0.5) is 5.69 Å². The Kier molecular flexibility index (Phi) is 2.03. The fraction of sp³-hybridized carbons (Fsp3) is 0.333. The molecule has 0 saturated heterocycles. The summed E-state index contributed by atoms with van der Waals surface area (Å²) >= 11 is 0. The third kappa shape index (κ3) is 1.45. The number of phenols is 1. The van der Waals surface area contributed by atoms with Gasteiger partial charge in [0.25, 0.3) is 0 Å². The van der Waals surface area contributed by atoms with Gasteiger partial charge in [0.2, 0.25) is 0 Å². The summed E-state index contributed by atoms with van der Waals surface area (Å²) in [4.78, 5) is 0. The van der Waals surface area contributed by atoms with Crippen LogP contribution in [0.2, 0.25) is 0 Å². The minimum atomic E-state index is 0.293. The molecule has 0 spiro atoms. The number of hydrogen-bond acceptors (Lipinski definition) is 2. The summed E-state index contributed by atoms with van der Waals surface area (Å²) in [5.74, 6) is 0.293. The van der Waals surface area contributed by atoms with Gasteiger partial charge in [-0.1, -0.05) is 6.92 Å². The van der Waals surface area contributed by atoms with E-state index in [0.717, 1.165) is 17.5 Å². The number of rotatable bonds is 1. The van der Waals surface area contributed by atoms with Crippen LogP contribution in [0.25, 0.3) is 0 Å². The van der Waals surface area contributed by atoms with Crippen LogP contribution in [0.1, 0.15) is 18.1 Å². The first kappa shape index (κ1) is 7.92. The molecule has 0 aliphatic rings. The van der Waals surface area contributed by atoms with Crippen molar-refractivity contribution in [1.29, 1.82) is 0 Å². The fourth-order valence-electron chi connectivity index (χ4n) is 0.986. The zero-order valence-corrected chi connectivity index (χ0v) is 6.89. The second-order valence-electron chi connectivity index (χ2n) is 2.68. The molecule has 0 saturated carbocycles. The summed E-state index contributed by atoms with van der Waals surface area (Å²) in [5.41, 5.74) is 8.15. The van der Waals surface area contributed by atoms with Crippen LogP contribution in [-0.2, 0) is 6.42 Å². The molecule has 1 aromatic rings. The maximum atomic E-state index is 9.33. The number of anilines is 1. The second-order valence-corrected chi connectivity index (χ2v) is 2.68. The molecule has 0 heterocycles. The van der Waals surface area contributed by atoms with Gasteiger partial charge in [-0.2, -0.15) is 0 Å². The molecule has 3 N–H and O–H groups in total. The Morgan fingerprint density at radius 3 is 2.55 bits per heavy atom. The van der Waals surface area contributed by atoms with Crippen LogP contribution < -0.4 is 5.73 Å². The zero-order valence-electron chi connectivity index (χ0n) is 6.89. The van der Waals surface area contributed by atoms with Gasteiger partial charge in [-0.25, -0.2) is 0 Å². The molecule has 0 amide bonds. The summed E-state index contributed by atoms with van der Waals surface area (Å²) in [6.07, 6.45) is 0.901. The molecule has 0 unspecified atom stereocenters.